The lowest BCUT2D eigenvalue weighted by Gasteiger charge is -2.23. The molecule has 0 saturated carbocycles. The van der Waals surface area contributed by atoms with Crippen molar-refractivity contribution in [1.29, 1.82) is 0 Å². The van der Waals surface area contributed by atoms with Crippen LogP contribution in [0.4, 0.5) is 0 Å². The van der Waals surface area contributed by atoms with Crippen molar-refractivity contribution in [2.45, 2.75) is 31.9 Å². The van der Waals surface area contributed by atoms with Gasteiger partial charge < -0.3 is 15.0 Å². The topological polar surface area (TPSA) is 63.0 Å². The van der Waals surface area contributed by atoms with E-state index >= 15 is 0 Å². The summed E-state index contributed by atoms with van der Waals surface area (Å²) in [5.41, 5.74) is 2.70. The Bertz CT molecular complexity index is 824. The summed E-state index contributed by atoms with van der Waals surface area (Å²) in [7, 11) is 0. The van der Waals surface area contributed by atoms with Gasteiger partial charge in [0.05, 0.1) is 18.2 Å². The highest BCUT2D eigenvalue weighted by molar-refractivity contribution is 5.71. The predicted octanol–water partition coefficient (Wildman–Crippen LogP) is 2.71. The highest BCUT2D eigenvalue weighted by Gasteiger charge is 2.20. The molecule has 0 amide bonds. The molecular formula is C20H24N4O. The molecule has 1 unspecified atom stereocenters. The van der Waals surface area contributed by atoms with Gasteiger partial charge in [-0.3, -0.25) is 0 Å². The lowest BCUT2D eigenvalue weighted by Crippen LogP contribution is -2.29. The summed E-state index contributed by atoms with van der Waals surface area (Å²) < 4.78 is 2.15. The zero-order valence-electron chi connectivity index (χ0n) is 14.3. The minimum absolute atomic E-state index is 0.506. The molecule has 130 valence electrons. The molecule has 0 spiro atoms. The number of fused-ring (bicyclic) bond motifs is 1. The van der Waals surface area contributed by atoms with E-state index < -0.39 is 6.10 Å². The highest BCUT2D eigenvalue weighted by Crippen LogP contribution is 2.24. The third kappa shape index (κ3) is 3.57. The van der Waals surface area contributed by atoms with E-state index in [4.69, 9.17) is 4.98 Å². The molecule has 4 rings (SSSR count). The van der Waals surface area contributed by atoms with Crippen LogP contribution in [0, 0.1) is 5.92 Å². The largest absolute Gasteiger partial charge is 0.387 e. The van der Waals surface area contributed by atoms with Crippen LogP contribution in [-0.2, 0) is 13.0 Å². The monoisotopic (exact) mass is 336 g/mol. The summed E-state index contributed by atoms with van der Waals surface area (Å²) in [5, 5.41) is 14.1. The van der Waals surface area contributed by atoms with Crippen molar-refractivity contribution in [2.75, 3.05) is 13.1 Å². The fraction of sp³-hybridized carbons (Fsp3) is 0.400. The molecule has 25 heavy (non-hydrogen) atoms. The first-order valence-electron chi connectivity index (χ1n) is 9.05. The second-order valence-electron chi connectivity index (χ2n) is 6.81. The van der Waals surface area contributed by atoms with Gasteiger partial charge in [0.1, 0.15) is 5.82 Å². The van der Waals surface area contributed by atoms with Crippen LogP contribution in [0.2, 0.25) is 0 Å². The van der Waals surface area contributed by atoms with Crippen LogP contribution < -0.4 is 5.32 Å². The Morgan fingerprint density at radius 3 is 2.72 bits per heavy atom. The number of imidazole rings is 1. The number of nitrogens with one attached hydrogen (secondary N) is 1. The number of aliphatic hydroxyl groups excluding tert-OH is 1. The minimum Gasteiger partial charge on any atom is -0.387 e. The van der Waals surface area contributed by atoms with Crippen molar-refractivity contribution in [2.24, 2.45) is 5.92 Å². The average molecular weight is 336 g/mol. The molecule has 0 aliphatic carbocycles. The van der Waals surface area contributed by atoms with Crippen LogP contribution in [0.25, 0.3) is 11.2 Å². The van der Waals surface area contributed by atoms with E-state index in [1.165, 1.54) is 12.8 Å². The van der Waals surface area contributed by atoms with E-state index in [9.17, 15) is 5.11 Å². The maximum atomic E-state index is 10.7. The van der Waals surface area contributed by atoms with Crippen LogP contribution in [0.3, 0.4) is 0 Å². The fourth-order valence-corrected chi connectivity index (χ4v) is 3.66. The Labute approximate surface area is 147 Å². The smallest absolute Gasteiger partial charge is 0.177 e. The van der Waals surface area contributed by atoms with Gasteiger partial charge in [0, 0.05) is 12.6 Å². The summed E-state index contributed by atoms with van der Waals surface area (Å²) >= 11 is 0. The molecule has 1 fully saturated rings. The number of nitrogens with zero attached hydrogens (tertiary/aromatic N) is 3. The van der Waals surface area contributed by atoms with Gasteiger partial charge in [-0.1, -0.05) is 30.3 Å². The number of aromatic nitrogens is 3. The number of hydrogen-bond donors (Lipinski definition) is 2. The standard InChI is InChI=1S/C20H24N4O/c25-18(16-5-2-1-3-6-16)14-24-17-7-4-10-22-20(17)23-19(24)13-15-8-11-21-12-9-15/h1-7,10,15,18,21,25H,8-9,11-14H2. The molecule has 3 aromatic rings. The number of pyridine rings is 1. The van der Waals surface area contributed by atoms with E-state index in [1.807, 2.05) is 42.5 Å². The molecule has 2 aromatic heterocycles. The number of rotatable bonds is 5. The first kappa shape index (κ1) is 16.2. The van der Waals surface area contributed by atoms with Crippen molar-refractivity contribution >= 4 is 11.2 Å². The maximum Gasteiger partial charge on any atom is 0.177 e. The van der Waals surface area contributed by atoms with Gasteiger partial charge in [-0.25, -0.2) is 9.97 Å². The molecule has 1 saturated heterocycles. The van der Waals surface area contributed by atoms with Crippen LogP contribution >= 0.6 is 0 Å². The summed E-state index contributed by atoms with van der Waals surface area (Å²) in [5.74, 6) is 1.68. The summed E-state index contributed by atoms with van der Waals surface area (Å²) in [6.45, 7) is 2.66. The Balaban J connectivity index is 1.64. The molecule has 0 radical (unpaired) electrons. The van der Waals surface area contributed by atoms with E-state index in [0.717, 1.165) is 42.1 Å². The summed E-state index contributed by atoms with van der Waals surface area (Å²) in [6, 6.07) is 13.8. The van der Waals surface area contributed by atoms with E-state index in [-0.39, 0.29) is 0 Å². The van der Waals surface area contributed by atoms with Gasteiger partial charge in [0.2, 0.25) is 0 Å². The SMILES string of the molecule is OC(Cn1c(CC2CCNCC2)nc2ncccc21)c1ccccc1. The zero-order valence-corrected chi connectivity index (χ0v) is 14.3. The second-order valence-corrected chi connectivity index (χ2v) is 6.81. The molecule has 3 heterocycles. The van der Waals surface area contributed by atoms with Gasteiger partial charge >= 0.3 is 0 Å². The van der Waals surface area contributed by atoms with Gasteiger partial charge in [-0.2, -0.15) is 0 Å². The molecule has 1 atom stereocenters. The van der Waals surface area contributed by atoms with E-state index in [1.54, 1.807) is 6.20 Å². The van der Waals surface area contributed by atoms with Gasteiger partial charge in [0.15, 0.2) is 5.65 Å². The zero-order chi connectivity index (χ0) is 17.1. The van der Waals surface area contributed by atoms with Crippen LogP contribution in [0.15, 0.2) is 48.7 Å². The Morgan fingerprint density at radius 1 is 1.12 bits per heavy atom. The van der Waals surface area contributed by atoms with E-state index in [2.05, 4.69) is 14.9 Å². The normalized spacial score (nSPS) is 17.0. The van der Waals surface area contributed by atoms with Gasteiger partial charge in [-0.15, -0.1) is 0 Å². The highest BCUT2D eigenvalue weighted by atomic mass is 16.3. The van der Waals surface area contributed by atoms with Gasteiger partial charge in [0.25, 0.3) is 0 Å². The molecule has 2 N–H and O–H groups in total. The van der Waals surface area contributed by atoms with Crippen molar-refractivity contribution in [3.63, 3.8) is 0 Å². The molecule has 0 bridgehead atoms. The van der Waals surface area contributed by atoms with Crippen LogP contribution in [0.1, 0.15) is 30.3 Å². The molecule has 1 aliphatic heterocycles. The van der Waals surface area contributed by atoms with Crippen molar-refractivity contribution < 1.29 is 5.11 Å². The molecule has 5 nitrogen and oxygen atoms in total. The Morgan fingerprint density at radius 2 is 1.92 bits per heavy atom. The van der Waals surface area contributed by atoms with Crippen LogP contribution in [0.5, 0.6) is 0 Å². The number of piperidine rings is 1. The lowest BCUT2D eigenvalue weighted by molar-refractivity contribution is 0.156. The fourth-order valence-electron chi connectivity index (χ4n) is 3.66. The summed E-state index contributed by atoms with van der Waals surface area (Å²) in [6.07, 6.45) is 4.53. The third-order valence-electron chi connectivity index (χ3n) is 5.07. The van der Waals surface area contributed by atoms with Crippen molar-refractivity contribution in [1.82, 2.24) is 19.9 Å². The van der Waals surface area contributed by atoms with Crippen LogP contribution in [-0.4, -0.2) is 32.7 Å². The first-order chi connectivity index (χ1) is 12.3. The number of aliphatic hydroxyl groups is 1. The second kappa shape index (κ2) is 7.33. The molecule has 5 heteroatoms. The lowest BCUT2D eigenvalue weighted by atomic mass is 9.94. The average Bonchev–Trinajstić information content (AvgIpc) is 3.00. The minimum atomic E-state index is -0.550. The molecule has 1 aromatic carbocycles. The van der Waals surface area contributed by atoms with Gasteiger partial charge in [-0.05, 0) is 49.5 Å². The number of benzene rings is 1. The Hall–Kier alpha value is -2.24. The first-order valence-corrected chi connectivity index (χ1v) is 9.05. The van der Waals surface area contributed by atoms with Crippen molar-refractivity contribution in [3.05, 3.63) is 60.0 Å². The quantitative estimate of drug-likeness (QED) is 0.752. The molecule has 1 aliphatic rings. The Kier molecular flexibility index (Phi) is 4.76. The third-order valence-corrected chi connectivity index (χ3v) is 5.07. The summed E-state index contributed by atoms with van der Waals surface area (Å²) in [4.78, 5) is 9.18. The van der Waals surface area contributed by atoms with E-state index in [0.29, 0.717) is 12.5 Å². The predicted molar refractivity (Wildman–Crippen MR) is 98.2 cm³/mol. The maximum absolute atomic E-state index is 10.7. The van der Waals surface area contributed by atoms with Crippen molar-refractivity contribution in [3.8, 4) is 0 Å². The number of hydrogen-bond acceptors (Lipinski definition) is 4. The molecular weight excluding hydrogens is 312 g/mol.